The first-order valence-corrected chi connectivity index (χ1v) is 10.5. The summed E-state index contributed by atoms with van der Waals surface area (Å²) in [6, 6.07) is 5.97. The molecule has 2 aliphatic heterocycles. The molecule has 2 heterocycles. The van der Waals surface area contributed by atoms with Crippen LogP contribution in [0.3, 0.4) is 0 Å². The zero-order chi connectivity index (χ0) is 18.9. The van der Waals surface area contributed by atoms with Gasteiger partial charge in [0.15, 0.2) is 0 Å². The second-order valence-electron chi connectivity index (χ2n) is 8.27. The molecule has 0 aromatic heterocycles. The van der Waals surface area contributed by atoms with Crippen LogP contribution in [-0.4, -0.2) is 42.5 Å². The Morgan fingerprint density at radius 2 is 2.04 bits per heavy atom. The van der Waals surface area contributed by atoms with Gasteiger partial charge in [-0.25, -0.2) is 0 Å². The minimum absolute atomic E-state index is 0.0853. The quantitative estimate of drug-likeness (QED) is 0.797. The van der Waals surface area contributed by atoms with E-state index in [0.29, 0.717) is 12.7 Å². The number of piperidine rings is 1. The molecule has 148 valence electrons. The number of carboxylic acids is 1. The third kappa shape index (κ3) is 4.35. The molecule has 0 amide bonds. The lowest BCUT2D eigenvalue weighted by Crippen LogP contribution is -2.49. The van der Waals surface area contributed by atoms with Crippen LogP contribution in [0.4, 0.5) is 5.69 Å². The number of rotatable bonds is 5. The van der Waals surface area contributed by atoms with Gasteiger partial charge in [0.1, 0.15) is 5.75 Å². The predicted octanol–water partition coefficient (Wildman–Crippen LogP) is 4.51. The van der Waals surface area contributed by atoms with Crippen LogP contribution in [0.1, 0.15) is 51.4 Å². The molecule has 2 saturated heterocycles. The summed E-state index contributed by atoms with van der Waals surface area (Å²) in [5, 5.41) is 9.73. The van der Waals surface area contributed by atoms with E-state index >= 15 is 0 Å². The molecule has 0 radical (unpaired) electrons. The second-order valence-corrected chi connectivity index (χ2v) is 8.67. The van der Waals surface area contributed by atoms with Crippen LogP contribution >= 0.6 is 11.6 Å². The summed E-state index contributed by atoms with van der Waals surface area (Å²) < 4.78 is 12.2. The van der Waals surface area contributed by atoms with Crippen LogP contribution in [-0.2, 0) is 9.53 Å². The summed E-state index contributed by atoms with van der Waals surface area (Å²) >= 11 is 6.47. The van der Waals surface area contributed by atoms with Crippen LogP contribution in [0, 0.1) is 5.92 Å². The van der Waals surface area contributed by atoms with Crippen LogP contribution in [0.2, 0.25) is 5.02 Å². The highest BCUT2D eigenvalue weighted by atomic mass is 35.5. The van der Waals surface area contributed by atoms with E-state index in [1.165, 1.54) is 6.42 Å². The van der Waals surface area contributed by atoms with Crippen molar-refractivity contribution >= 4 is 23.3 Å². The molecule has 4 rings (SSSR count). The summed E-state index contributed by atoms with van der Waals surface area (Å²) in [7, 11) is 0. The Morgan fingerprint density at radius 1 is 1.26 bits per heavy atom. The fourth-order valence-electron chi connectivity index (χ4n) is 4.36. The third-order valence-corrected chi connectivity index (χ3v) is 6.70. The highest BCUT2D eigenvalue weighted by molar-refractivity contribution is 6.33. The van der Waals surface area contributed by atoms with Gasteiger partial charge in [-0.1, -0.05) is 11.6 Å². The Bertz CT molecular complexity index is 673. The fourth-order valence-corrected chi connectivity index (χ4v) is 4.60. The van der Waals surface area contributed by atoms with Crippen LogP contribution in [0.15, 0.2) is 18.2 Å². The number of benzene rings is 1. The Morgan fingerprint density at radius 3 is 2.63 bits per heavy atom. The minimum atomic E-state index is -0.729. The van der Waals surface area contributed by atoms with Gasteiger partial charge in [0.2, 0.25) is 0 Å². The molecule has 3 fully saturated rings. The molecule has 6 heteroatoms. The Balaban J connectivity index is 1.35. The number of hydrogen-bond acceptors (Lipinski definition) is 4. The number of hydrogen-bond donors (Lipinski definition) is 1. The molecule has 0 bridgehead atoms. The Kier molecular flexibility index (Phi) is 5.51. The number of anilines is 1. The van der Waals surface area contributed by atoms with Gasteiger partial charge in [0, 0.05) is 19.2 Å². The van der Waals surface area contributed by atoms with Crippen molar-refractivity contribution in [2.45, 2.75) is 63.1 Å². The molecular weight excluding hydrogens is 366 g/mol. The van der Waals surface area contributed by atoms with Gasteiger partial charge in [-0.2, -0.15) is 0 Å². The normalized spacial score (nSPS) is 25.2. The van der Waals surface area contributed by atoms with Gasteiger partial charge < -0.3 is 19.5 Å². The highest BCUT2D eigenvalue weighted by Crippen LogP contribution is 2.40. The van der Waals surface area contributed by atoms with E-state index in [1.54, 1.807) is 0 Å². The van der Waals surface area contributed by atoms with Crippen molar-refractivity contribution in [2.24, 2.45) is 5.92 Å². The molecule has 1 spiro atoms. The first kappa shape index (κ1) is 18.9. The number of aliphatic carboxylic acids is 1. The molecule has 27 heavy (non-hydrogen) atoms. The summed E-state index contributed by atoms with van der Waals surface area (Å²) in [5.74, 6) is 0.332. The Labute approximate surface area is 165 Å². The number of ether oxygens (including phenoxy) is 2. The molecule has 1 aromatic carbocycles. The van der Waals surface area contributed by atoms with Gasteiger partial charge >= 0.3 is 5.97 Å². The van der Waals surface area contributed by atoms with Crippen molar-refractivity contribution < 1.29 is 19.4 Å². The smallest absolute Gasteiger partial charge is 0.303 e. The largest absolute Gasteiger partial charge is 0.490 e. The summed E-state index contributed by atoms with van der Waals surface area (Å²) in [5.41, 5.74) is 0.959. The molecule has 1 unspecified atom stereocenters. The Hall–Kier alpha value is -1.46. The van der Waals surface area contributed by atoms with E-state index in [4.69, 9.17) is 26.2 Å². The summed E-state index contributed by atoms with van der Waals surface area (Å²) in [6.07, 6.45) is 7.92. The molecule has 3 aliphatic rings. The third-order valence-electron chi connectivity index (χ3n) is 6.38. The molecule has 1 saturated carbocycles. The lowest BCUT2D eigenvalue weighted by Gasteiger charge is -2.46. The van der Waals surface area contributed by atoms with Crippen molar-refractivity contribution in [3.05, 3.63) is 23.2 Å². The zero-order valence-corrected chi connectivity index (χ0v) is 16.4. The van der Waals surface area contributed by atoms with Crippen molar-refractivity contribution in [1.82, 2.24) is 0 Å². The summed E-state index contributed by atoms with van der Waals surface area (Å²) in [4.78, 5) is 13.2. The fraction of sp³-hybridized carbons (Fsp3) is 0.667. The van der Waals surface area contributed by atoms with E-state index in [1.807, 2.05) is 12.1 Å². The molecule has 5 nitrogen and oxygen atoms in total. The van der Waals surface area contributed by atoms with E-state index < -0.39 is 5.97 Å². The number of halogens is 1. The van der Waals surface area contributed by atoms with E-state index in [9.17, 15) is 4.79 Å². The van der Waals surface area contributed by atoms with Crippen LogP contribution < -0.4 is 9.64 Å². The van der Waals surface area contributed by atoms with Crippen LogP contribution in [0.5, 0.6) is 5.75 Å². The SMILES string of the molecule is O=C(O)CC1CCC2(CCN(c3cc(OC4CCC4)ccc3Cl)CC2)OC1. The van der Waals surface area contributed by atoms with Gasteiger partial charge in [-0.3, -0.25) is 4.79 Å². The van der Waals surface area contributed by atoms with Crippen molar-refractivity contribution in [1.29, 1.82) is 0 Å². The maximum Gasteiger partial charge on any atom is 0.303 e. The average molecular weight is 394 g/mol. The predicted molar refractivity (Wildman–Crippen MR) is 105 cm³/mol. The van der Waals surface area contributed by atoms with E-state index in [2.05, 4.69) is 11.0 Å². The number of nitrogens with zero attached hydrogens (tertiary/aromatic N) is 1. The van der Waals surface area contributed by atoms with Crippen molar-refractivity contribution in [2.75, 3.05) is 24.6 Å². The zero-order valence-electron chi connectivity index (χ0n) is 15.7. The molecule has 1 aliphatic carbocycles. The number of carbonyl (C=O) groups is 1. The number of carboxylic acid groups (broad SMARTS) is 1. The summed E-state index contributed by atoms with van der Waals surface area (Å²) in [6.45, 7) is 2.37. The van der Waals surface area contributed by atoms with Crippen LogP contribution in [0.25, 0.3) is 0 Å². The average Bonchev–Trinajstić information content (AvgIpc) is 2.62. The van der Waals surface area contributed by atoms with Gasteiger partial charge in [0.05, 0.1) is 35.4 Å². The second kappa shape index (κ2) is 7.88. The van der Waals surface area contributed by atoms with Crippen molar-refractivity contribution in [3.8, 4) is 5.75 Å². The molecular formula is C21H28ClNO4. The monoisotopic (exact) mass is 393 g/mol. The molecule has 1 N–H and O–H groups in total. The maximum atomic E-state index is 10.9. The standard InChI is InChI=1S/C21H28ClNO4/c22-18-5-4-17(27-16-2-1-3-16)13-19(18)23-10-8-21(9-11-23)7-6-15(14-26-21)12-20(24)25/h4-5,13,15-16H,1-3,6-12,14H2,(H,24,25). The minimum Gasteiger partial charge on any atom is -0.490 e. The molecule has 1 atom stereocenters. The lowest BCUT2D eigenvalue weighted by molar-refractivity contribution is -0.145. The maximum absolute atomic E-state index is 10.9. The van der Waals surface area contributed by atoms with Crippen molar-refractivity contribution in [3.63, 3.8) is 0 Å². The van der Waals surface area contributed by atoms with E-state index in [-0.39, 0.29) is 17.9 Å². The van der Waals surface area contributed by atoms with Gasteiger partial charge in [-0.05, 0) is 63.0 Å². The first-order valence-electron chi connectivity index (χ1n) is 10.1. The van der Waals surface area contributed by atoms with Gasteiger partial charge in [-0.15, -0.1) is 0 Å². The van der Waals surface area contributed by atoms with Gasteiger partial charge in [0.25, 0.3) is 0 Å². The van der Waals surface area contributed by atoms with E-state index in [0.717, 1.165) is 68.1 Å². The molecule has 1 aromatic rings. The topological polar surface area (TPSA) is 59.0 Å². The lowest BCUT2D eigenvalue weighted by atomic mass is 9.81. The highest BCUT2D eigenvalue weighted by Gasteiger charge is 2.40. The first-order chi connectivity index (χ1) is 13.0.